The number of hydrogen-bond acceptors (Lipinski definition) is 5. The fraction of sp³-hybridized carbons (Fsp3) is 0.0667. The van der Waals surface area contributed by atoms with Gasteiger partial charge in [-0.3, -0.25) is 10.1 Å². The Kier molecular flexibility index (Phi) is 4.27. The molecule has 114 valence electrons. The lowest BCUT2D eigenvalue weighted by molar-refractivity contribution is -0.385. The highest BCUT2D eigenvalue weighted by molar-refractivity contribution is 8.00. The summed E-state index contributed by atoms with van der Waals surface area (Å²) in [5.74, 6) is 0.310. The average molecular weight is 319 g/mol. The summed E-state index contributed by atoms with van der Waals surface area (Å²) in [5, 5.41) is 11.1. The zero-order chi connectivity index (χ0) is 16.3. The maximum Gasteiger partial charge on any atom is 0.278 e. The molecule has 0 aromatic heterocycles. The Labute approximate surface area is 127 Å². The molecule has 2 rings (SSSR count). The van der Waals surface area contributed by atoms with Crippen molar-refractivity contribution in [1.82, 2.24) is 0 Å². The Hall–Kier alpha value is -2.67. The Morgan fingerprint density at radius 3 is 2.36 bits per heavy atom. The van der Waals surface area contributed by atoms with Crippen LogP contribution in [0.1, 0.15) is 5.56 Å². The van der Waals surface area contributed by atoms with Crippen LogP contribution in [0.4, 0.5) is 5.69 Å². The van der Waals surface area contributed by atoms with Gasteiger partial charge in [-0.2, -0.15) is 0 Å². The first kappa shape index (κ1) is 15.7. The van der Waals surface area contributed by atoms with Crippen molar-refractivity contribution in [1.29, 1.82) is 0 Å². The summed E-state index contributed by atoms with van der Waals surface area (Å²) in [6.45, 7) is 3.54. The summed E-state index contributed by atoms with van der Waals surface area (Å²) in [6, 6.07) is 11.5. The molecule has 0 saturated carbocycles. The molecule has 0 spiro atoms. The Morgan fingerprint density at radius 1 is 1.18 bits per heavy atom. The van der Waals surface area contributed by atoms with Crippen molar-refractivity contribution in [3.63, 3.8) is 0 Å². The van der Waals surface area contributed by atoms with Crippen molar-refractivity contribution in [2.75, 3.05) is 7.11 Å². The number of hydrogen-bond donors (Lipinski definition) is 0. The molecule has 0 aliphatic rings. The molecule has 0 saturated heterocycles. The van der Waals surface area contributed by atoms with Gasteiger partial charge in [0, 0.05) is 6.07 Å². The first-order chi connectivity index (χ1) is 10.4. The van der Waals surface area contributed by atoms with Gasteiger partial charge in [0.15, 0.2) is 0 Å². The zero-order valence-corrected chi connectivity index (χ0v) is 12.5. The van der Waals surface area contributed by atoms with Crippen LogP contribution in [0.3, 0.4) is 0 Å². The van der Waals surface area contributed by atoms with Crippen molar-refractivity contribution in [2.24, 2.45) is 0 Å². The van der Waals surface area contributed by atoms with Gasteiger partial charge in [-0.05, 0) is 24.3 Å². The number of nitrogens with zero attached hydrogens (tertiary/aromatic N) is 1. The van der Waals surface area contributed by atoms with Crippen molar-refractivity contribution < 1.29 is 18.1 Å². The minimum Gasteiger partial charge on any atom is -0.497 e. The molecule has 0 radical (unpaired) electrons. The molecular weight excluding hydrogens is 306 g/mol. The van der Waals surface area contributed by atoms with Crippen molar-refractivity contribution in [3.05, 3.63) is 70.8 Å². The van der Waals surface area contributed by atoms with Crippen LogP contribution < -0.4 is 4.74 Å². The lowest BCUT2D eigenvalue weighted by atomic mass is 10.1. The molecule has 2 aromatic carbocycles. The molecule has 0 fully saturated rings. The van der Waals surface area contributed by atoms with E-state index in [1.165, 1.54) is 37.4 Å². The predicted molar refractivity (Wildman–Crippen MR) is 82.3 cm³/mol. The molecule has 0 atom stereocenters. The van der Waals surface area contributed by atoms with E-state index in [-0.39, 0.29) is 21.1 Å². The van der Waals surface area contributed by atoms with Gasteiger partial charge >= 0.3 is 0 Å². The quantitative estimate of drug-likeness (QED) is 0.624. The molecule has 22 heavy (non-hydrogen) atoms. The molecule has 0 bridgehead atoms. The molecule has 0 N–H and O–H groups in total. The number of ether oxygens (including phenoxy) is 1. The number of nitro groups is 1. The van der Waals surface area contributed by atoms with Gasteiger partial charge in [0.05, 0.1) is 27.4 Å². The third-order valence-corrected chi connectivity index (χ3v) is 4.84. The van der Waals surface area contributed by atoms with Crippen LogP contribution >= 0.6 is 0 Å². The van der Waals surface area contributed by atoms with Crippen molar-refractivity contribution >= 4 is 20.4 Å². The highest BCUT2D eigenvalue weighted by Gasteiger charge is 2.27. The van der Waals surface area contributed by atoms with E-state index in [0.29, 0.717) is 5.75 Å². The molecule has 6 nitrogen and oxygen atoms in total. The molecule has 0 amide bonds. The van der Waals surface area contributed by atoms with Crippen LogP contribution in [0.25, 0.3) is 4.91 Å². The topological polar surface area (TPSA) is 86.5 Å². The van der Waals surface area contributed by atoms with E-state index in [9.17, 15) is 18.5 Å². The van der Waals surface area contributed by atoms with Crippen LogP contribution in [0.15, 0.2) is 60.0 Å². The van der Waals surface area contributed by atoms with E-state index in [2.05, 4.69) is 6.58 Å². The maximum atomic E-state index is 12.5. The van der Waals surface area contributed by atoms with Crippen molar-refractivity contribution in [2.45, 2.75) is 4.90 Å². The SMILES string of the molecule is C=C(c1cc(OC)ccc1[N+](=O)[O-])S(=O)(=O)c1ccccc1. The summed E-state index contributed by atoms with van der Waals surface area (Å²) in [6.07, 6.45) is 0. The van der Waals surface area contributed by atoms with Crippen LogP contribution in [0.2, 0.25) is 0 Å². The molecule has 0 aliphatic heterocycles. The molecule has 0 heterocycles. The Morgan fingerprint density at radius 2 is 1.82 bits per heavy atom. The molecule has 7 heteroatoms. The first-order valence-electron chi connectivity index (χ1n) is 6.19. The Balaban J connectivity index is 2.60. The number of methoxy groups -OCH3 is 1. The van der Waals surface area contributed by atoms with Gasteiger partial charge < -0.3 is 4.74 Å². The van der Waals surface area contributed by atoms with E-state index >= 15 is 0 Å². The van der Waals surface area contributed by atoms with E-state index in [1.54, 1.807) is 18.2 Å². The first-order valence-corrected chi connectivity index (χ1v) is 7.68. The molecule has 2 aromatic rings. The molecule has 0 aliphatic carbocycles. The second kappa shape index (κ2) is 5.98. The highest BCUT2D eigenvalue weighted by atomic mass is 32.2. The standard InChI is InChI=1S/C15H13NO5S/c1-11(22(19,20)13-6-4-3-5-7-13)14-10-12(21-2)8-9-15(14)16(17)18/h3-10H,1H2,2H3. The minimum absolute atomic E-state index is 0.0251. The fourth-order valence-corrected chi connectivity index (χ4v) is 3.16. The van der Waals surface area contributed by atoms with E-state index in [1.807, 2.05) is 0 Å². The van der Waals surface area contributed by atoms with E-state index in [4.69, 9.17) is 4.74 Å². The summed E-state index contributed by atoms with van der Waals surface area (Å²) >= 11 is 0. The van der Waals surface area contributed by atoms with Gasteiger partial charge in [-0.15, -0.1) is 0 Å². The highest BCUT2D eigenvalue weighted by Crippen LogP contribution is 2.34. The second-order valence-electron chi connectivity index (χ2n) is 4.38. The summed E-state index contributed by atoms with van der Waals surface area (Å²) in [7, 11) is -2.54. The zero-order valence-electron chi connectivity index (χ0n) is 11.7. The summed E-state index contributed by atoms with van der Waals surface area (Å²) < 4.78 is 30.1. The minimum atomic E-state index is -3.93. The summed E-state index contributed by atoms with van der Waals surface area (Å²) in [4.78, 5) is 10.1. The average Bonchev–Trinajstić information content (AvgIpc) is 2.54. The maximum absolute atomic E-state index is 12.5. The van der Waals surface area contributed by atoms with Gasteiger partial charge in [0.1, 0.15) is 5.75 Å². The normalized spacial score (nSPS) is 11.0. The lowest BCUT2D eigenvalue weighted by Crippen LogP contribution is -2.05. The largest absolute Gasteiger partial charge is 0.497 e. The van der Waals surface area contributed by atoms with Crippen LogP contribution in [-0.2, 0) is 9.84 Å². The van der Waals surface area contributed by atoms with Crippen LogP contribution in [-0.4, -0.2) is 20.5 Å². The monoisotopic (exact) mass is 319 g/mol. The van der Waals surface area contributed by atoms with Gasteiger partial charge in [0.2, 0.25) is 9.84 Å². The third-order valence-electron chi connectivity index (χ3n) is 3.08. The van der Waals surface area contributed by atoms with Crippen LogP contribution in [0.5, 0.6) is 5.75 Å². The predicted octanol–water partition coefficient (Wildman–Crippen LogP) is 3.05. The lowest BCUT2D eigenvalue weighted by Gasteiger charge is -2.10. The van der Waals surface area contributed by atoms with E-state index in [0.717, 1.165) is 0 Å². The Bertz CT molecular complexity index is 828. The fourth-order valence-electron chi connectivity index (χ4n) is 1.91. The number of nitro benzene ring substituents is 1. The van der Waals surface area contributed by atoms with Crippen molar-refractivity contribution in [3.8, 4) is 5.75 Å². The van der Waals surface area contributed by atoms with E-state index < -0.39 is 14.8 Å². The third kappa shape index (κ3) is 2.84. The second-order valence-corrected chi connectivity index (χ2v) is 6.35. The van der Waals surface area contributed by atoms with Gasteiger partial charge in [-0.25, -0.2) is 8.42 Å². The number of sulfone groups is 1. The van der Waals surface area contributed by atoms with Crippen LogP contribution in [0, 0.1) is 10.1 Å². The van der Waals surface area contributed by atoms with Gasteiger partial charge in [-0.1, -0.05) is 24.8 Å². The number of benzene rings is 2. The number of rotatable bonds is 5. The molecule has 0 unspecified atom stereocenters. The smallest absolute Gasteiger partial charge is 0.278 e. The summed E-state index contributed by atoms with van der Waals surface area (Å²) in [5.41, 5.74) is -0.432. The molecular formula is C15H13NO5S. The van der Waals surface area contributed by atoms with Gasteiger partial charge in [0.25, 0.3) is 5.69 Å².